The molecule has 1 N–H and O–H groups in total. The summed E-state index contributed by atoms with van der Waals surface area (Å²) in [6.07, 6.45) is 1.07. The van der Waals surface area contributed by atoms with E-state index in [4.69, 9.17) is 23.2 Å². The third-order valence-electron chi connectivity index (χ3n) is 5.40. The zero-order valence-electron chi connectivity index (χ0n) is 16.1. The zero-order valence-corrected chi connectivity index (χ0v) is 17.7. The third-order valence-corrected chi connectivity index (χ3v) is 5.90. The molecular weight excluding hydrogens is 403 g/mol. The molecule has 4 rings (SSSR count). The largest absolute Gasteiger partial charge is 0.508 e. The summed E-state index contributed by atoms with van der Waals surface area (Å²) >= 11 is 12.1. The average Bonchev–Trinajstić information content (AvgIpc) is 2.72. The van der Waals surface area contributed by atoms with Crippen LogP contribution in [0.4, 0.5) is 0 Å². The first-order valence-electron chi connectivity index (χ1n) is 9.85. The van der Waals surface area contributed by atoms with Gasteiger partial charge in [0.05, 0.1) is 6.17 Å². The molecule has 1 aliphatic rings. The van der Waals surface area contributed by atoms with Gasteiger partial charge in [0.25, 0.3) is 0 Å². The van der Waals surface area contributed by atoms with Crippen LogP contribution in [0.15, 0.2) is 72.8 Å². The Morgan fingerprint density at radius 2 is 1.21 bits per heavy atom. The van der Waals surface area contributed by atoms with Crippen LogP contribution in [-0.2, 0) is 13.1 Å². The highest BCUT2D eigenvalue weighted by atomic mass is 35.5. The predicted molar refractivity (Wildman–Crippen MR) is 119 cm³/mol. The van der Waals surface area contributed by atoms with Crippen molar-refractivity contribution >= 4 is 23.2 Å². The van der Waals surface area contributed by atoms with Crippen LogP contribution in [0.25, 0.3) is 0 Å². The van der Waals surface area contributed by atoms with Crippen molar-refractivity contribution in [3.8, 4) is 5.75 Å². The maximum Gasteiger partial charge on any atom is 0.121 e. The molecule has 0 atom stereocenters. The minimum atomic E-state index is -0.00342. The van der Waals surface area contributed by atoms with Gasteiger partial charge in [-0.05, 0) is 47.9 Å². The molecule has 1 saturated heterocycles. The van der Waals surface area contributed by atoms with Crippen molar-refractivity contribution in [3.63, 3.8) is 0 Å². The molecule has 1 aliphatic heterocycles. The van der Waals surface area contributed by atoms with E-state index in [0.717, 1.165) is 48.2 Å². The van der Waals surface area contributed by atoms with Crippen molar-refractivity contribution < 1.29 is 5.11 Å². The Morgan fingerprint density at radius 3 is 1.69 bits per heavy atom. The van der Waals surface area contributed by atoms with E-state index in [1.54, 1.807) is 6.07 Å². The van der Waals surface area contributed by atoms with Gasteiger partial charge in [-0.2, -0.15) is 0 Å². The molecule has 0 aliphatic carbocycles. The number of phenols is 1. The van der Waals surface area contributed by atoms with Crippen molar-refractivity contribution in [1.82, 2.24) is 9.80 Å². The third kappa shape index (κ3) is 4.93. The van der Waals surface area contributed by atoms with Gasteiger partial charge in [0.15, 0.2) is 0 Å². The molecule has 3 aromatic rings. The summed E-state index contributed by atoms with van der Waals surface area (Å²) in [7, 11) is 0. The van der Waals surface area contributed by atoms with Crippen LogP contribution < -0.4 is 0 Å². The van der Waals surface area contributed by atoms with E-state index in [-0.39, 0.29) is 6.17 Å². The Hall–Kier alpha value is -2.04. The van der Waals surface area contributed by atoms with E-state index in [9.17, 15) is 5.11 Å². The summed E-state index contributed by atoms with van der Waals surface area (Å²) in [5.74, 6) is 0.335. The number of benzene rings is 3. The molecule has 29 heavy (non-hydrogen) atoms. The summed E-state index contributed by atoms with van der Waals surface area (Å²) in [5, 5.41) is 12.1. The van der Waals surface area contributed by atoms with Gasteiger partial charge in [-0.15, -0.1) is 0 Å². The Balaban J connectivity index is 1.64. The fourth-order valence-electron chi connectivity index (χ4n) is 4.03. The van der Waals surface area contributed by atoms with Gasteiger partial charge in [0.1, 0.15) is 5.75 Å². The molecular formula is C24H24Cl2N2O. The van der Waals surface area contributed by atoms with Crippen LogP contribution in [0.5, 0.6) is 5.75 Å². The number of halogens is 2. The van der Waals surface area contributed by atoms with Crippen LogP contribution in [-0.4, -0.2) is 28.0 Å². The topological polar surface area (TPSA) is 26.7 Å². The van der Waals surface area contributed by atoms with Gasteiger partial charge in [-0.25, -0.2) is 0 Å². The smallest absolute Gasteiger partial charge is 0.121 e. The molecule has 0 aromatic heterocycles. The Morgan fingerprint density at radius 1 is 0.724 bits per heavy atom. The summed E-state index contributed by atoms with van der Waals surface area (Å²) in [6.45, 7) is 3.54. The SMILES string of the molecule is Oc1ccccc1C1N(Cc2ccc(Cl)cc2)CCCN1Cc1ccc(Cl)cc1. The molecule has 0 saturated carbocycles. The molecule has 1 fully saturated rings. The number of para-hydroxylation sites is 1. The molecule has 0 radical (unpaired) electrons. The number of hydrogen-bond donors (Lipinski definition) is 1. The van der Waals surface area contributed by atoms with E-state index < -0.39 is 0 Å². The van der Waals surface area contributed by atoms with Crippen molar-refractivity contribution in [3.05, 3.63) is 99.5 Å². The lowest BCUT2D eigenvalue weighted by molar-refractivity contribution is -0.0103. The monoisotopic (exact) mass is 426 g/mol. The summed E-state index contributed by atoms with van der Waals surface area (Å²) in [6, 6.07) is 23.7. The molecule has 0 amide bonds. The summed E-state index contributed by atoms with van der Waals surface area (Å²) in [4.78, 5) is 4.86. The lowest BCUT2D eigenvalue weighted by Gasteiger charge is -2.44. The molecule has 3 aromatic carbocycles. The second-order valence-electron chi connectivity index (χ2n) is 7.48. The second kappa shape index (κ2) is 9.19. The second-order valence-corrected chi connectivity index (χ2v) is 8.35. The molecule has 3 nitrogen and oxygen atoms in total. The van der Waals surface area contributed by atoms with Crippen LogP contribution in [0, 0.1) is 0 Å². The minimum absolute atomic E-state index is 0.00342. The van der Waals surface area contributed by atoms with Crippen molar-refractivity contribution in [2.45, 2.75) is 25.7 Å². The fraction of sp³-hybridized carbons (Fsp3) is 0.250. The van der Waals surface area contributed by atoms with Crippen LogP contribution in [0.2, 0.25) is 10.0 Å². The summed E-state index contributed by atoms with van der Waals surface area (Å²) in [5.41, 5.74) is 3.36. The highest BCUT2D eigenvalue weighted by molar-refractivity contribution is 6.30. The fourth-order valence-corrected chi connectivity index (χ4v) is 4.28. The Labute approximate surface area is 182 Å². The molecule has 0 unspecified atom stereocenters. The van der Waals surface area contributed by atoms with Crippen LogP contribution >= 0.6 is 23.2 Å². The van der Waals surface area contributed by atoms with Gasteiger partial charge in [0.2, 0.25) is 0 Å². The quantitative estimate of drug-likeness (QED) is 0.533. The molecule has 150 valence electrons. The lowest BCUT2D eigenvalue weighted by Crippen LogP contribution is -2.46. The van der Waals surface area contributed by atoms with E-state index in [0.29, 0.717) is 5.75 Å². The van der Waals surface area contributed by atoms with E-state index in [2.05, 4.69) is 34.1 Å². The van der Waals surface area contributed by atoms with Crippen molar-refractivity contribution in [1.29, 1.82) is 0 Å². The highest BCUT2D eigenvalue weighted by Crippen LogP contribution is 2.36. The van der Waals surface area contributed by atoms with Gasteiger partial charge in [-0.3, -0.25) is 9.80 Å². The Bertz CT molecular complexity index is 888. The zero-order chi connectivity index (χ0) is 20.2. The van der Waals surface area contributed by atoms with Crippen LogP contribution in [0.1, 0.15) is 29.3 Å². The average molecular weight is 427 g/mol. The standard InChI is InChI=1S/C24H24Cl2N2O/c25-20-10-6-18(7-11-20)16-27-14-3-15-28(17-19-8-12-21(26)13-9-19)24(27)22-4-1-2-5-23(22)29/h1-2,4-13,24,29H,3,14-17H2. The van der Waals surface area contributed by atoms with E-state index in [1.165, 1.54) is 11.1 Å². The lowest BCUT2D eigenvalue weighted by atomic mass is 10.0. The number of aromatic hydroxyl groups is 1. The maximum atomic E-state index is 10.6. The van der Waals surface area contributed by atoms with Crippen LogP contribution in [0.3, 0.4) is 0 Å². The normalized spacial score (nSPS) is 16.2. The molecule has 0 bridgehead atoms. The molecule has 5 heteroatoms. The van der Waals surface area contributed by atoms with Gasteiger partial charge < -0.3 is 5.11 Å². The summed E-state index contributed by atoms with van der Waals surface area (Å²) < 4.78 is 0. The van der Waals surface area contributed by atoms with Gasteiger partial charge in [0, 0.05) is 41.8 Å². The van der Waals surface area contributed by atoms with E-state index in [1.807, 2.05) is 42.5 Å². The minimum Gasteiger partial charge on any atom is -0.508 e. The Kier molecular flexibility index (Phi) is 6.41. The molecule has 0 spiro atoms. The van der Waals surface area contributed by atoms with E-state index >= 15 is 0 Å². The number of hydrogen-bond acceptors (Lipinski definition) is 3. The first-order valence-corrected chi connectivity index (χ1v) is 10.6. The number of phenolic OH excluding ortho intramolecular Hbond substituents is 1. The number of rotatable bonds is 5. The van der Waals surface area contributed by atoms with Gasteiger partial charge >= 0.3 is 0 Å². The van der Waals surface area contributed by atoms with Crippen molar-refractivity contribution in [2.24, 2.45) is 0 Å². The first-order chi connectivity index (χ1) is 14.1. The van der Waals surface area contributed by atoms with Crippen molar-refractivity contribution in [2.75, 3.05) is 13.1 Å². The first kappa shape index (κ1) is 20.2. The predicted octanol–water partition coefficient (Wildman–Crippen LogP) is 6.11. The van der Waals surface area contributed by atoms with Gasteiger partial charge in [-0.1, -0.05) is 65.7 Å². The molecule has 1 heterocycles. The number of nitrogens with zero attached hydrogens (tertiary/aromatic N) is 2. The maximum absolute atomic E-state index is 10.6. The highest BCUT2D eigenvalue weighted by Gasteiger charge is 2.32.